The molecule has 0 atom stereocenters. The second kappa shape index (κ2) is 11.6. The van der Waals surface area contributed by atoms with E-state index in [-0.39, 0.29) is 10.8 Å². The molecule has 2 rings (SSSR count). The number of carbonyl (C=O) groups is 1. The smallest absolute Gasteiger partial charge is 0.259 e. The van der Waals surface area contributed by atoms with Crippen molar-refractivity contribution in [1.29, 1.82) is 0 Å². The number of ether oxygens (including phenoxy) is 1. The Kier molecular flexibility index (Phi) is 9.15. The summed E-state index contributed by atoms with van der Waals surface area (Å²) >= 11 is 0. The van der Waals surface area contributed by atoms with Crippen LogP contribution in [0.15, 0.2) is 53.4 Å². The summed E-state index contributed by atoms with van der Waals surface area (Å²) < 4.78 is 32.6. The third-order valence-corrected chi connectivity index (χ3v) is 5.83. The molecule has 0 unspecified atom stereocenters. The highest BCUT2D eigenvalue weighted by Crippen LogP contribution is 2.21. The maximum Gasteiger partial charge on any atom is 0.259 e. The molecule has 1 amide bonds. The normalized spacial score (nSPS) is 11.2. The average molecular weight is 419 g/mol. The largest absolute Gasteiger partial charge is 0.493 e. The van der Waals surface area contributed by atoms with Gasteiger partial charge in [-0.05, 0) is 49.2 Å². The van der Waals surface area contributed by atoms with E-state index in [0.29, 0.717) is 36.6 Å². The van der Waals surface area contributed by atoms with Crippen LogP contribution >= 0.6 is 0 Å². The van der Waals surface area contributed by atoms with Gasteiger partial charge in [0, 0.05) is 12.2 Å². The number of hydrogen-bond donors (Lipinski definition) is 2. The average Bonchev–Trinajstić information content (AvgIpc) is 2.73. The molecule has 2 aromatic rings. The Bertz CT molecular complexity index is 880. The second-order valence-corrected chi connectivity index (χ2v) is 8.55. The van der Waals surface area contributed by atoms with Gasteiger partial charge in [0.25, 0.3) is 5.91 Å². The fraction of sp³-hybridized carbons (Fsp3) is 0.409. The van der Waals surface area contributed by atoms with Gasteiger partial charge in [0.05, 0.1) is 17.1 Å². The first-order chi connectivity index (χ1) is 14.0. The van der Waals surface area contributed by atoms with Crippen LogP contribution in [0.3, 0.4) is 0 Å². The number of anilines is 1. The molecular weight excluding hydrogens is 388 g/mol. The molecule has 0 aliphatic heterocycles. The van der Waals surface area contributed by atoms with Gasteiger partial charge in [0.15, 0.2) is 0 Å². The van der Waals surface area contributed by atoms with E-state index < -0.39 is 10.0 Å². The van der Waals surface area contributed by atoms with E-state index in [9.17, 15) is 13.2 Å². The van der Waals surface area contributed by atoms with Crippen molar-refractivity contribution in [3.05, 3.63) is 54.1 Å². The number of benzene rings is 2. The first-order valence-electron chi connectivity index (χ1n) is 10.1. The fourth-order valence-corrected chi connectivity index (χ4v) is 3.86. The third-order valence-electron chi connectivity index (χ3n) is 4.35. The third kappa shape index (κ3) is 7.18. The molecule has 0 saturated carbocycles. The molecule has 158 valence electrons. The lowest BCUT2D eigenvalue weighted by Crippen LogP contribution is -2.24. The maximum atomic E-state index is 12.7. The lowest BCUT2D eigenvalue weighted by Gasteiger charge is -2.12. The molecule has 7 heteroatoms. The van der Waals surface area contributed by atoms with Crippen LogP contribution in [0, 0.1) is 0 Å². The SMILES string of the molecule is CCCCCCOc1ccccc1C(=O)Nc1ccc(S(=O)(=O)NCCC)cc1. The topological polar surface area (TPSA) is 84.5 Å². The number of amides is 1. The van der Waals surface area contributed by atoms with Crippen molar-refractivity contribution in [2.45, 2.75) is 50.8 Å². The Morgan fingerprint density at radius 2 is 1.66 bits per heavy atom. The summed E-state index contributed by atoms with van der Waals surface area (Å²) in [5, 5.41) is 2.80. The number of hydrogen-bond acceptors (Lipinski definition) is 4. The Labute approximate surface area is 173 Å². The molecule has 0 fully saturated rings. The fourth-order valence-electron chi connectivity index (χ4n) is 2.73. The summed E-state index contributed by atoms with van der Waals surface area (Å²) in [5.41, 5.74) is 0.964. The zero-order valence-electron chi connectivity index (χ0n) is 17.1. The van der Waals surface area contributed by atoms with Crippen molar-refractivity contribution in [2.75, 3.05) is 18.5 Å². The highest BCUT2D eigenvalue weighted by molar-refractivity contribution is 7.89. The number of para-hydroxylation sites is 1. The quantitative estimate of drug-likeness (QED) is 0.494. The van der Waals surface area contributed by atoms with Crippen LogP contribution in [0.25, 0.3) is 0 Å². The van der Waals surface area contributed by atoms with Gasteiger partial charge < -0.3 is 10.1 Å². The summed E-state index contributed by atoms with van der Waals surface area (Å²) in [6.07, 6.45) is 5.10. The van der Waals surface area contributed by atoms with E-state index in [4.69, 9.17) is 4.74 Å². The van der Waals surface area contributed by atoms with Crippen LogP contribution in [0.2, 0.25) is 0 Å². The minimum atomic E-state index is -3.53. The summed E-state index contributed by atoms with van der Waals surface area (Å²) in [4.78, 5) is 12.8. The molecule has 6 nitrogen and oxygen atoms in total. The minimum absolute atomic E-state index is 0.166. The van der Waals surface area contributed by atoms with Gasteiger partial charge in [-0.25, -0.2) is 13.1 Å². The molecule has 29 heavy (non-hydrogen) atoms. The van der Waals surface area contributed by atoms with Crippen molar-refractivity contribution in [2.24, 2.45) is 0 Å². The molecule has 0 radical (unpaired) electrons. The Morgan fingerprint density at radius 3 is 2.34 bits per heavy atom. The standard InChI is InChI=1S/C22H30N2O4S/c1-3-5-6-9-17-28-21-11-8-7-10-20(21)22(25)24-18-12-14-19(15-13-18)29(26,27)23-16-4-2/h7-8,10-15,23H,3-6,9,16-17H2,1-2H3,(H,24,25). The monoisotopic (exact) mass is 418 g/mol. The predicted molar refractivity (Wildman–Crippen MR) is 116 cm³/mol. The zero-order valence-corrected chi connectivity index (χ0v) is 17.9. The van der Waals surface area contributed by atoms with Crippen LogP contribution < -0.4 is 14.8 Å². The van der Waals surface area contributed by atoms with E-state index >= 15 is 0 Å². The summed E-state index contributed by atoms with van der Waals surface area (Å²) in [6.45, 7) is 5.01. The van der Waals surface area contributed by atoms with Gasteiger partial charge in [0.1, 0.15) is 5.75 Å². The molecule has 0 aliphatic rings. The Morgan fingerprint density at radius 1 is 0.931 bits per heavy atom. The zero-order chi connectivity index (χ0) is 21.1. The molecular formula is C22H30N2O4S. The number of unbranched alkanes of at least 4 members (excludes halogenated alkanes) is 3. The van der Waals surface area contributed by atoms with E-state index in [2.05, 4.69) is 17.0 Å². The van der Waals surface area contributed by atoms with Crippen molar-refractivity contribution < 1.29 is 17.9 Å². The first-order valence-corrected chi connectivity index (χ1v) is 11.6. The summed E-state index contributed by atoms with van der Waals surface area (Å²) in [6, 6.07) is 13.2. The number of rotatable bonds is 12. The van der Waals surface area contributed by atoms with Crippen LogP contribution in [0.1, 0.15) is 56.3 Å². The number of sulfonamides is 1. The lowest BCUT2D eigenvalue weighted by atomic mass is 10.1. The van der Waals surface area contributed by atoms with Crippen LogP contribution in [-0.4, -0.2) is 27.5 Å². The van der Waals surface area contributed by atoms with E-state index in [1.54, 1.807) is 30.3 Å². The molecule has 0 aromatic heterocycles. The van der Waals surface area contributed by atoms with Crippen molar-refractivity contribution >= 4 is 21.6 Å². The van der Waals surface area contributed by atoms with Gasteiger partial charge in [-0.1, -0.05) is 45.2 Å². The van der Waals surface area contributed by atoms with Crippen molar-refractivity contribution in [3.8, 4) is 5.75 Å². The number of nitrogens with one attached hydrogen (secondary N) is 2. The molecule has 0 bridgehead atoms. The van der Waals surface area contributed by atoms with E-state index in [0.717, 1.165) is 19.3 Å². The van der Waals surface area contributed by atoms with Gasteiger partial charge >= 0.3 is 0 Å². The lowest BCUT2D eigenvalue weighted by molar-refractivity contribution is 0.102. The van der Waals surface area contributed by atoms with Crippen LogP contribution in [-0.2, 0) is 10.0 Å². The van der Waals surface area contributed by atoms with E-state index in [1.807, 2.05) is 13.0 Å². The summed E-state index contributed by atoms with van der Waals surface area (Å²) in [7, 11) is -3.53. The Hall–Kier alpha value is -2.38. The van der Waals surface area contributed by atoms with Gasteiger partial charge in [-0.2, -0.15) is 0 Å². The molecule has 2 aromatic carbocycles. The van der Waals surface area contributed by atoms with E-state index in [1.165, 1.54) is 18.6 Å². The number of carbonyl (C=O) groups excluding carboxylic acids is 1. The van der Waals surface area contributed by atoms with Crippen LogP contribution in [0.4, 0.5) is 5.69 Å². The highest BCUT2D eigenvalue weighted by Gasteiger charge is 2.15. The predicted octanol–water partition coefficient (Wildman–Crippen LogP) is 4.59. The van der Waals surface area contributed by atoms with Gasteiger partial charge in [-0.3, -0.25) is 4.79 Å². The van der Waals surface area contributed by atoms with Gasteiger partial charge in [-0.15, -0.1) is 0 Å². The summed E-state index contributed by atoms with van der Waals surface area (Å²) in [5.74, 6) is 0.248. The Balaban J connectivity index is 2.01. The minimum Gasteiger partial charge on any atom is -0.493 e. The van der Waals surface area contributed by atoms with Crippen LogP contribution in [0.5, 0.6) is 5.75 Å². The molecule has 0 aliphatic carbocycles. The maximum absolute atomic E-state index is 12.7. The molecule has 0 spiro atoms. The molecule has 2 N–H and O–H groups in total. The molecule has 0 saturated heterocycles. The highest BCUT2D eigenvalue weighted by atomic mass is 32.2. The van der Waals surface area contributed by atoms with Crippen molar-refractivity contribution in [1.82, 2.24) is 4.72 Å². The second-order valence-electron chi connectivity index (χ2n) is 6.78. The van der Waals surface area contributed by atoms with Gasteiger partial charge in [0.2, 0.25) is 10.0 Å². The first kappa shape index (κ1) is 22.9. The molecule has 0 heterocycles. The van der Waals surface area contributed by atoms with Crippen molar-refractivity contribution in [3.63, 3.8) is 0 Å².